The van der Waals surface area contributed by atoms with Crippen LogP contribution in [0.15, 0.2) is 30.5 Å². The van der Waals surface area contributed by atoms with Crippen molar-refractivity contribution in [3.8, 4) is 0 Å². The third kappa shape index (κ3) is 2.36. The van der Waals surface area contributed by atoms with E-state index in [1.165, 1.54) is 10.9 Å². The molecule has 2 aromatic rings. The molecule has 4 nitrogen and oxygen atoms in total. The highest BCUT2D eigenvalue weighted by molar-refractivity contribution is 5.84. The number of aliphatic carboxylic acids is 1. The molecule has 0 aliphatic heterocycles. The normalized spacial score (nSPS) is 12.3. The molecule has 0 saturated heterocycles. The van der Waals surface area contributed by atoms with E-state index in [1.807, 2.05) is 31.1 Å². The molecule has 1 heterocycles. The lowest BCUT2D eigenvalue weighted by Crippen LogP contribution is -2.47. The second-order valence-electron chi connectivity index (χ2n) is 5.50. The smallest absolute Gasteiger partial charge is 0.323 e. The number of hydrogen-bond acceptors (Lipinski definition) is 2. The molecule has 4 heteroatoms. The van der Waals surface area contributed by atoms with Gasteiger partial charge in [-0.15, -0.1) is 0 Å². The first-order valence-electron chi connectivity index (χ1n) is 6.31. The number of likely N-dealkylation sites (N-methyl/N-ethyl adjacent to an activating group) is 1. The highest BCUT2D eigenvalue weighted by Crippen LogP contribution is 2.24. The SMILES string of the molecule is CN(Cc1cn(C)c2ccccc12)C(C)(C)C(=O)O. The van der Waals surface area contributed by atoms with Gasteiger partial charge >= 0.3 is 5.97 Å². The first kappa shape index (κ1) is 13.6. The zero-order valence-electron chi connectivity index (χ0n) is 11.8. The fourth-order valence-corrected chi connectivity index (χ4v) is 2.17. The fraction of sp³-hybridized carbons (Fsp3) is 0.400. The average Bonchev–Trinajstić information content (AvgIpc) is 2.67. The van der Waals surface area contributed by atoms with Crippen LogP contribution in [0.25, 0.3) is 10.9 Å². The number of carbonyl (C=O) groups is 1. The number of hydrogen-bond donors (Lipinski definition) is 1. The number of rotatable bonds is 4. The minimum Gasteiger partial charge on any atom is -0.480 e. The number of benzene rings is 1. The van der Waals surface area contributed by atoms with Crippen LogP contribution in [0.4, 0.5) is 0 Å². The summed E-state index contributed by atoms with van der Waals surface area (Å²) in [4.78, 5) is 13.1. The second kappa shape index (κ2) is 4.70. The Kier molecular flexibility index (Phi) is 3.37. The van der Waals surface area contributed by atoms with Crippen molar-refractivity contribution < 1.29 is 9.90 Å². The monoisotopic (exact) mass is 260 g/mol. The third-order valence-electron chi connectivity index (χ3n) is 3.86. The maximum Gasteiger partial charge on any atom is 0.323 e. The van der Waals surface area contributed by atoms with Gasteiger partial charge in [0.1, 0.15) is 5.54 Å². The van der Waals surface area contributed by atoms with Crippen LogP contribution < -0.4 is 0 Å². The number of carboxylic acids is 1. The van der Waals surface area contributed by atoms with Crippen molar-refractivity contribution in [2.24, 2.45) is 7.05 Å². The molecule has 19 heavy (non-hydrogen) atoms. The summed E-state index contributed by atoms with van der Waals surface area (Å²) in [6.07, 6.45) is 2.07. The van der Waals surface area contributed by atoms with Gasteiger partial charge in [-0.1, -0.05) is 18.2 Å². The maximum absolute atomic E-state index is 11.3. The first-order valence-corrected chi connectivity index (χ1v) is 6.31. The van der Waals surface area contributed by atoms with E-state index < -0.39 is 11.5 Å². The summed E-state index contributed by atoms with van der Waals surface area (Å²) in [5, 5.41) is 10.4. The van der Waals surface area contributed by atoms with Gasteiger partial charge in [-0.2, -0.15) is 0 Å². The van der Waals surface area contributed by atoms with E-state index in [4.69, 9.17) is 0 Å². The van der Waals surface area contributed by atoms with Gasteiger partial charge in [-0.05, 0) is 32.5 Å². The number of nitrogens with zero attached hydrogens (tertiary/aromatic N) is 2. The standard InChI is InChI=1S/C15H20N2O2/c1-15(2,14(18)19)17(4)10-11-9-16(3)13-8-6-5-7-12(11)13/h5-9H,10H2,1-4H3,(H,18,19). The van der Waals surface area contributed by atoms with E-state index in [0.29, 0.717) is 6.54 Å². The van der Waals surface area contributed by atoms with Gasteiger partial charge < -0.3 is 9.67 Å². The Morgan fingerprint density at radius 1 is 1.37 bits per heavy atom. The second-order valence-corrected chi connectivity index (χ2v) is 5.50. The molecular weight excluding hydrogens is 240 g/mol. The molecule has 102 valence electrons. The molecule has 0 saturated carbocycles. The molecular formula is C15H20N2O2. The van der Waals surface area contributed by atoms with E-state index in [0.717, 1.165) is 5.56 Å². The average molecular weight is 260 g/mol. The Morgan fingerprint density at radius 3 is 2.63 bits per heavy atom. The van der Waals surface area contributed by atoms with E-state index in [9.17, 15) is 9.90 Å². The molecule has 0 fully saturated rings. The van der Waals surface area contributed by atoms with E-state index in [-0.39, 0.29) is 0 Å². The van der Waals surface area contributed by atoms with Crippen molar-refractivity contribution in [1.29, 1.82) is 0 Å². The van der Waals surface area contributed by atoms with Crippen LogP contribution >= 0.6 is 0 Å². The van der Waals surface area contributed by atoms with Crippen LogP contribution in [-0.4, -0.2) is 33.1 Å². The lowest BCUT2D eigenvalue weighted by molar-refractivity contribution is -0.148. The van der Waals surface area contributed by atoms with Gasteiger partial charge in [-0.25, -0.2) is 0 Å². The van der Waals surface area contributed by atoms with Gasteiger partial charge in [0.2, 0.25) is 0 Å². The van der Waals surface area contributed by atoms with Crippen LogP contribution in [0.1, 0.15) is 19.4 Å². The lowest BCUT2D eigenvalue weighted by Gasteiger charge is -2.31. The van der Waals surface area contributed by atoms with E-state index in [2.05, 4.69) is 22.9 Å². The molecule has 0 atom stereocenters. The largest absolute Gasteiger partial charge is 0.480 e. The molecule has 0 spiro atoms. The Bertz CT molecular complexity index is 614. The highest BCUT2D eigenvalue weighted by atomic mass is 16.4. The van der Waals surface area contributed by atoms with Gasteiger partial charge in [0.15, 0.2) is 0 Å². The summed E-state index contributed by atoms with van der Waals surface area (Å²) in [6, 6.07) is 8.17. The first-order chi connectivity index (χ1) is 8.84. The number of carboxylic acid groups (broad SMARTS) is 1. The van der Waals surface area contributed by atoms with Crippen LogP contribution in [0.3, 0.4) is 0 Å². The van der Waals surface area contributed by atoms with Gasteiger partial charge in [0.25, 0.3) is 0 Å². The molecule has 0 unspecified atom stereocenters. The van der Waals surface area contributed by atoms with Crippen LogP contribution in [0, 0.1) is 0 Å². The molecule has 0 amide bonds. The molecule has 0 aliphatic rings. The van der Waals surface area contributed by atoms with Crippen molar-refractivity contribution in [2.75, 3.05) is 7.05 Å². The maximum atomic E-state index is 11.3. The number of aromatic nitrogens is 1. The molecule has 0 aliphatic carbocycles. The van der Waals surface area contributed by atoms with Gasteiger partial charge in [0, 0.05) is 30.7 Å². The highest BCUT2D eigenvalue weighted by Gasteiger charge is 2.32. The van der Waals surface area contributed by atoms with E-state index >= 15 is 0 Å². The summed E-state index contributed by atoms with van der Waals surface area (Å²) < 4.78 is 2.08. The van der Waals surface area contributed by atoms with Gasteiger partial charge in [0.05, 0.1) is 0 Å². The predicted octanol–water partition coefficient (Wildman–Crippen LogP) is 2.47. The zero-order valence-corrected chi connectivity index (χ0v) is 11.8. The summed E-state index contributed by atoms with van der Waals surface area (Å²) in [5.74, 6) is -0.810. The Hall–Kier alpha value is -1.81. The summed E-state index contributed by atoms with van der Waals surface area (Å²) in [6.45, 7) is 4.06. The molecule has 1 N–H and O–H groups in total. The zero-order chi connectivity index (χ0) is 14.2. The molecule has 0 bridgehead atoms. The molecule has 1 aromatic heterocycles. The summed E-state index contributed by atoms with van der Waals surface area (Å²) in [5.41, 5.74) is 1.44. The molecule has 2 rings (SSSR count). The molecule has 1 aromatic carbocycles. The Morgan fingerprint density at radius 2 is 2.00 bits per heavy atom. The lowest BCUT2D eigenvalue weighted by atomic mass is 10.0. The number of aryl methyl sites for hydroxylation is 1. The summed E-state index contributed by atoms with van der Waals surface area (Å²) >= 11 is 0. The van der Waals surface area contributed by atoms with Gasteiger partial charge in [-0.3, -0.25) is 9.69 Å². The molecule has 0 radical (unpaired) electrons. The van der Waals surface area contributed by atoms with E-state index in [1.54, 1.807) is 13.8 Å². The Labute approximate surface area is 113 Å². The van der Waals surface area contributed by atoms with Crippen LogP contribution in [0.5, 0.6) is 0 Å². The summed E-state index contributed by atoms with van der Waals surface area (Å²) in [7, 11) is 3.85. The van der Waals surface area contributed by atoms with Crippen molar-refractivity contribution in [1.82, 2.24) is 9.47 Å². The van der Waals surface area contributed by atoms with Crippen LogP contribution in [-0.2, 0) is 18.4 Å². The van der Waals surface area contributed by atoms with Crippen molar-refractivity contribution >= 4 is 16.9 Å². The fourth-order valence-electron chi connectivity index (χ4n) is 2.17. The minimum absolute atomic E-state index is 0.612. The topological polar surface area (TPSA) is 45.5 Å². The minimum atomic E-state index is -0.878. The predicted molar refractivity (Wildman–Crippen MR) is 76.1 cm³/mol. The number of fused-ring (bicyclic) bond motifs is 1. The number of para-hydroxylation sites is 1. The third-order valence-corrected chi connectivity index (χ3v) is 3.86. The van der Waals surface area contributed by atoms with Crippen molar-refractivity contribution in [3.63, 3.8) is 0 Å². The Balaban J connectivity index is 2.34. The van der Waals surface area contributed by atoms with Crippen LogP contribution in [0.2, 0.25) is 0 Å². The van der Waals surface area contributed by atoms with Crippen molar-refractivity contribution in [2.45, 2.75) is 25.9 Å². The quantitative estimate of drug-likeness (QED) is 0.918. The van der Waals surface area contributed by atoms with Crippen molar-refractivity contribution in [3.05, 3.63) is 36.0 Å².